The zero-order chi connectivity index (χ0) is 11.7. The summed E-state index contributed by atoms with van der Waals surface area (Å²) in [5.74, 6) is -0.0182. The Kier molecular flexibility index (Phi) is 2.59. The van der Waals surface area contributed by atoms with Gasteiger partial charge in [-0.3, -0.25) is 4.79 Å². The Hall–Kier alpha value is -1.92. The highest BCUT2D eigenvalue weighted by atomic mass is 35.5. The number of carbonyl (C=O) groups excluding carboxylic acids is 1. The molecule has 0 aliphatic heterocycles. The first-order valence-corrected chi connectivity index (χ1v) is 5.01. The Labute approximate surface area is 97.3 Å². The third kappa shape index (κ3) is 1.75. The molecule has 0 fully saturated rings. The number of benzene rings is 1. The molecular formula is C12H7ClN2O. The van der Waals surface area contributed by atoms with Crippen molar-refractivity contribution < 1.29 is 4.79 Å². The molecule has 0 saturated carbocycles. The Balaban J connectivity index is 2.74. The standard InChI is InChI=1S/C12H7ClN2O/c1-7(16)8-2-3-11-9(4-8)5-10(6-14)12(13)15-11/h2-5H,1H3. The lowest BCUT2D eigenvalue weighted by Crippen LogP contribution is -1.93. The molecule has 2 rings (SSSR count). The fraction of sp³-hybridized carbons (Fsp3) is 0.0833. The number of halogens is 1. The number of nitriles is 1. The monoisotopic (exact) mass is 230 g/mol. The van der Waals surface area contributed by atoms with Gasteiger partial charge in [-0.2, -0.15) is 5.26 Å². The minimum atomic E-state index is -0.0182. The first kappa shape index (κ1) is 10.6. The van der Waals surface area contributed by atoms with E-state index in [2.05, 4.69) is 4.98 Å². The summed E-state index contributed by atoms with van der Waals surface area (Å²) in [4.78, 5) is 15.3. The number of Topliss-reactive ketones (excluding diaryl/α,β-unsaturated/α-hetero) is 1. The lowest BCUT2D eigenvalue weighted by Gasteiger charge is -2.01. The third-order valence-corrected chi connectivity index (χ3v) is 2.58. The molecule has 2 aromatic rings. The molecule has 0 atom stereocenters. The average molecular weight is 231 g/mol. The van der Waals surface area contributed by atoms with Crippen molar-refractivity contribution in [3.8, 4) is 6.07 Å². The Morgan fingerprint density at radius 3 is 2.81 bits per heavy atom. The summed E-state index contributed by atoms with van der Waals surface area (Å²) in [6.07, 6.45) is 0. The second kappa shape index (κ2) is 3.92. The molecule has 1 aromatic heterocycles. The molecule has 0 aliphatic rings. The number of nitrogens with zero attached hydrogens (tertiary/aromatic N) is 2. The highest BCUT2D eigenvalue weighted by molar-refractivity contribution is 6.31. The van der Waals surface area contributed by atoms with Gasteiger partial charge in [0, 0.05) is 10.9 Å². The average Bonchev–Trinajstić information content (AvgIpc) is 2.27. The topological polar surface area (TPSA) is 53.8 Å². The number of carbonyl (C=O) groups is 1. The van der Waals surface area contributed by atoms with E-state index in [1.807, 2.05) is 6.07 Å². The summed E-state index contributed by atoms with van der Waals surface area (Å²) in [6, 6.07) is 8.72. The molecular weight excluding hydrogens is 224 g/mol. The number of ketones is 1. The summed E-state index contributed by atoms with van der Waals surface area (Å²) >= 11 is 5.81. The zero-order valence-electron chi connectivity index (χ0n) is 8.49. The van der Waals surface area contributed by atoms with E-state index in [0.29, 0.717) is 16.6 Å². The van der Waals surface area contributed by atoms with Crippen molar-refractivity contribution in [2.45, 2.75) is 6.92 Å². The van der Waals surface area contributed by atoms with E-state index in [0.717, 1.165) is 5.39 Å². The fourth-order valence-corrected chi connectivity index (χ4v) is 1.64. The van der Waals surface area contributed by atoms with Crippen LogP contribution in [-0.2, 0) is 0 Å². The third-order valence-electron chi connectivity index (χ3n) is 2.30. The number of aromatic nitrogens is 1. The van der Waals surface area contributed by atoms with Crippen LogP contribution in [0.4, 0.5) is 0 Å². The van der Waals surface area contributed by atoms with Gasteiger partial charge in [0.15, 0.2) is 5.78 Å². The maximum atomic E-state index is 11.2. The Morgan fingerprint density at radius 2 is 2.19 bits per heavy atom. The first-order chi connectivity index (χ1) is 7.61. The number of hydrogen-bond donors (Lipinski definition) is 0. The van der Waals surface area contributed by atoms with Gasteiger partial charge >= 0.3 is 0 Å². The van der Waals surface area contributed by atoms with Crippen LogP contribution in [0, 0.1) is 11.3 Å². The van der Waals surface area contributed by atoms with Crippen molar-refractivity contribution in [2.24, 2.45) is 0 Å². The van der Waals surface area contributed by atoms with E-state index in [1.54, 1.807) is 24.3 Å². The van der Waals surface area contributed by atoms with Crippen LogP contribution in [0.3, 0.4) is 0 Å². The van der Waals surface area contributed by atoms with Crippen LogP contribution < -0.4 is 0 Å². The van der Waals surface area contributed by atoms with Crippen molar-refractivity contribution in [3.63, 3.8) is 0 Å². The molecule has 3 nitrogen and oxygen atoms in total. The molecule has 0 aliphatic carbocycles. The molecule has 0 amide bonds. The summed E-state index contributed by atoms with van der Waals surface area (Å²) in [5, 5.41) is 9.74. The van der Waals surface area contributed by atoms with Crippen molar-refractivity contribution in [2.75, 3.05) is 0 Å². The van der Waals surface area contributed by atoms with Crippen LogP contribution in [0.25, 0.3) is 10.9 Å². The van der Waals surface area contributed by atoms with Gasteiger partial charge in [-0.05, 0) is 31.2 Å². The zero-order valence-corrected chi connectivity index (χ0v) is 9.25. The van der Waals surface area contributed by atoms with Gasteiger partial charge in [-0.1, -0.05) is 11.6 Å². The van der Waals surface area contributed by atoms with E-state index in [4.69, 9.17) is 16.9 Å². The van der Waals surface area contributed by atoms with Crippen molar-refractivity contribution in [1.29, 1.82) is 5.26 Å². The number of pyridine rings is 1. The van der Waals surface area contributed by atoms with Gasteiger partial charge in [0.05, 0.1) is 11.1 Å². The van der Waals surface area contributed by atoms with Gasteiger partial charge < -0.3 is 0 Å². The maximum absolute atomic E-state index is 11.2. The predicted octanol–water partition coefficient (Wildman–Crippen LogP) is 2.96. The molecule has 16 heavy (non-hydrogen) atoms. The minimum absolute atomic E-state index is 0.0182. The van der Waals surface area contributed by atoms with Crippen LogP contribution in [0.2, 0.25) is 5.15 Å². The Morgan fingerprint density at radius 1 is 1.44 bits per heavy atom. The first-order valence-electron chi connectivity index (χ1n) is 4.63. The van der Waals surface area contributed by atoms with Crippen molar-refractivity contribution in [1.82, 2.24) is 4.98 Å². The lowest BCUT2D eigenvalue weighted by molar-refractivity contribution is 0.101. The van der Waals surface area contributed by atoms with Crippen LogP contribution in [-0.4, -0.2) is 10.8 Å². The molecule has 1 aromatic carbocycles. The smallest absolute Gasteiger partial charge is 0.159 e. The van der Waals surface area contributed by atoms with E-state index >= 15 is 0 Å². The fourth-order valence-electron chi connectivity index (χ4n) is 1.45. The molecule has 0 unspecified atom stereocenters. The van der Waals surface area contributed by atoms with Gasteiger partial charge in [0.25, 0.3) is 0 Å². The van der Waals surface area contributed by atoms with E-state index < -0.39 is 0 Å². The highest BCUT2D eigenvalue weighted by Gasteiger charge is 2.06. The molecule has 78 valence electrons. The quantitative estimate of drug-likeness (QED) is 0.559. The lowest BCUT2D eigenvalue weighted by atomic mass is 10.1. The summed E-state index contributed by atoms with van der Waals surface area (Å²) in [5.41, 5.74) is 1.59. The van der Waals surface area contributed by atoms with Crippen LogP contribution in [0.5, 0.6) is 0 Å². The van der Waals surface area contributed by atoms with Crippen molar-refractivity contribution in [3.05, 3.63) is 40.5 Å². The summed E-state index contributed by atoms with van der Waals surface area (Å²) in [7, 11) is 0. The normalized spacial score (nSPS) is 10.1. The SMILES string of the molecule is CC(=O)c1ccc2nc(Cl)c(C#N)cc2c1. The largest absolute Gasteiger partial charge is 0.295 e. The number of rotatable bonds is 1. The highest BCUT2D eigenvalue weighted by Crippen LogP contribution is 2.21. The van der Waals surface area contributed by atoms with E-state index in [-0.39, 0.29) is 10.9 Å². The Bertz CT molecular complexity index is 629. The van der Waals surface area contributed by atoms with Crippen LogP contribution >= 0.6 is 11.6 Å². The van der Waals surface area contributed by atoms with Gasteiger partial charge in [0.2, 0.25) is 0 Å². The summed E-state index contributed by atoms with van der Waals surface area (Å²) < 4.78 is 0. The van der Waals surface area contributed by atoms with Crippen LogP contribution in [0.15, 0.2) is 24.3 Å². The molecule has 0 saturated heterocycles. The van der Waals surface area contributed by atoms with E-state index in [1.165, 1.54) is 6.92 Å². The van der Waals surface area contributed by atoms with E-state index in [9.17, 15) is 4.79 Å². The summed E-state index contributed by atoms with van der Waals surface area (Å²) in [6.45, 7) is 1.50. The van der Waals surface area contributed by atoms with Gasteiger partial charge in [-0.25, -0.2) is 4.98 Å². The molecule has 0 spiro atoms. The van der Waals surface area contributed by atoms with Crippen LogP contribution in [0.1, 0.15) is 22.8 Å². The predicted molar refractivity (Wildman–Crippen MR) is 61.5 cm³/mol. The number of hydrogen-bond acceptors (Lipinski definition) is 3. The minimum Gasteiger partial charge on any atom is -0.295 e. The van der Waals surface area contributed by atoms with Gasteiger partial charge in [-0.15, -0.1) is 0 Å². The molecule has 4 heteroatoms. The van der Waals surface area contributed by atoms with Gasteiger partial charge in [0.1, 0.15) is 11.2 Å². The molecule has 0 bridgehead atoms. The van der Waals surface area contributed by atoms with Crippen molar-refractivity contribution >= 4 is 28.3 Å². The number of fused-ring (bicyclic) bond motifs is 1. The second-order valence-corrected chi connectivity index (χ2v) is 3.76. The molecule has 0 N–H and O–H groups in total. The molecule has 0 radical (unpaired) electrons. The molecule has 1 heterocycles. The maximum Gasteiger partial charge on any atom is 0.159 e. The second-order valence-electron chi connectivity index (χ2n) is 3.40.